The topological polar surface area (TPSA) is 48.0 Å². The highest BCUT2D eigenvalue weighted by Gasteiger charge is 2.29. The number of methoxy groups -OCH3 is 1. The van der Waals surface area contributed by atoms with Gasteiger partial charge in [0.15, 0.2) is 11.5 Å². The fourth-order valence-electron chi connectivity index (χ4n) is 2.89. The Hall–Kier alpha value is -1.75. The van der Waals surface area contributed by atoms with E-state index in [1.54, 1.807) is 7.11 Å². The van der Waals surface area contributed by atoms with Gasteiger partial charge in [-0.05, 0) is 25.3 Å². The Kier molecular flexibility index (Phi) is 4.29. The van der Waals surface area contributed by atoms with Crippen LogP contribution in [0.15, 0.2) is 18.2 Å². The molecule has 2 heterocycles. The summed E-state index contributed by atoms with van der Waals surface area (Å²) in [7, 11) is 1.63. The van der Waals surface area contributed by atoms with E-state index in [0.717, 1.165) is 36.3 Å². The monoisotopic (exact) mass is 291 g/mol. The molecular weight excluding hydrogens is 270 g/mol. The average molecular weight is 291 g/mol. The van der Waals surface area contributed by atoms with E-state index < -0.39 is 0 Å². The molecule has 0 bridgehead atoms. The maximum Gasteiger partial charge on any atom is 0.252 e. The van der Waals surface area contributed by atoms with Gasteiger partial charge in [0.25, 0.3) is 5.91 Å². The molecule has 1 unspecified atom stereocenters. The van der Waals surface area contributed by atoms with Gasteiger partial charge in [-0.2, -0.15) is 0 Å². The minimum atomic E-state index is -0.264. The van der Waals surface area contributed by atoms with Crippen LogP contribution < -0.4 is 9.47 Å². The van der Waals surface area contributed by atoms with E-state index in [2.05, 4.69) is 0 Å². The first kappa shape index (κ1) is 14.2. The minimum absolute atomic E-state index is 0.100. The molecule has 1 atom stereocenters. The number of benzene rings is 1. The molecule has 0 aromatic heterocycles. The average Bonchev–Trinajstić information content (AvgIpc) is 3.01. The second-order valence-corrected chi connectivity index (χ2v) is 5.41. The summed E-state index contributed by atoms with van der Waals surface area (Å²) in [6.07, 6.45) is 2.35. The lowest BCUT2D eigenvalue weighted by Gasteiger charge is -2.29. The first-order valence-electron chi connectivity index (χ1n) is 7.48. The molecule has 3 rings (SSSR count). The van der Waals surface area contributed by atoms with E-state index in [1.807, 2.05) is 23.1 Å². The summed E-state index contributed by atoms with van der Waals surface area (Å²) in [5, 5.41) is 0. The molecule has 1 aromatic rings. The van der Waals surface area contributed by atoms with Crippen LogP contribution in [-0.4, -0.2) is 43.8 Å². The van der Waals surface area contributed by atoms with Crippen molar-refractivity contribution in [1.29, 1.82) is 0 Å². The van der Waals surface area contributed by atoms with Gasteiger partial charge < -0.3 is 19.1 Å². The molecule has 2 aliphatic rings. The Bertz CT molecular complexity index is 511. The van der Waals surface area contributed by atoms with E-state index >= 15 is 0 Å². The predicted octanol–water partition coefficient (Wildman–Crippen LogP) is 1.99. The Morgan fingerprint density at radius 2 is 2.24 bits per heavy atom. The molecular formula is C16H21NO4. The molecule has 1 fully saturated rings. The van der Waals surface area contributed by atoms with Crippen molar-refractivity contribution < 1.29 is 19.0 Å². The third-order valence-electron chi connectivity index (χ3n) is 3.98. The predicted molar refractivity (Wildman–Crippen MR) is 77.5 cm³/mol. The largest absolute Gasteiger partial charge is 0.493 e. The van der Waals surface area contributed by atoms with Gasteiger partial charge in [0, 0.05) is 25.3 Å². The van der Waals surface area contributed by atoms with Crippen LogP contribution in [0.4, 0.5) is 0 Å². The molecule has 1 aromatic carbocycles. The number of nitrogens with zero attached hydrogens (tertiary/aromatic N) is 1. The van der Waals surface area contributed by atoms with Gasteiger partial charge in [-0.1, -0.05) is 12.1 Å². The molecule has 5 nitrogen and oxygen atoms in total. The standard InChI is InChI=1S/C16H21NO4/c1-19-13-6-2-5-12-11-17(8-4-10-21-15(12)13)16(18)14-7-3-9-20-14/h2,5-6,14H,3-4,7-11H2,1H3. The lowest BCUT2D eigenvalue weighted by atomic mass is 10.1. The maximum absolute atomic E-state index is 12.6. The zero-order valence-corrected chi connectivity index (χ0v) is 12.3. The van der Waals surface area contributed by atoms with Crippen LogP contribution in [-0.2, 0) is 16.1 Å². The van der Waals surface area contributed by atoms with Crippen molar-refractivity contribution >= 4 is 5.91 Å². The maximum atomic E-state index is 12.6. The normalized spacial score (nSPS) is 22.0. The van der Waals surface area contributed by atoms with Crippen molar-refractivity contribution in [3.63, 3.8) is 0 Å². The van der Waals surface area contributed by atoms with Crippen molar-refractivity contribution in [1.82, 2.24) is 4.90 Å². The highest BCUT2D eigenvalue weighted by molar-refractivity contribution is 5.81. The van der Waals surface area contributed by atoms with Gasteiger partial charge in [-0.25, -0.2) is 0 Å². The van der Waals surface area contributed by atoms with E-state index in [0.29, 0.717) is 26.3 Å². The van der Waals surface area contributed by atoms with Crippen LogP contribution in [0, 0.1) is 0 Å². The van der Waals surface area contributed by atoms with Crippen LogP contribution in [0.1, 0.15) is 24.8 Å². The van der Waals surface area contributed by atoms with Gasteiger partial charge in [0.1, 0.15) is 6.10 Å². The van der Waals surface area contributed by atoms with Gasteiger partial charge in [-0.15, -0.1) is 0 Å². The highest BCUT2D eigenvalue weighted by atomic mass is 16.5. The molecule has 2 aliphatic heterocycles. The minimum Gasteiger partial charge on any atom is -0.493 e. The number of hydrogen-bond acceptors (Lipinski definition) is 4. The third-order valence-corrected chi connectivity index (χ3v) is 3.98. The van der Waals surface area contributed by atoms with Crippen molar-refractivity contribution in [2.75, 3.05) is 26.9 Å². The molecule has 0 spiro atoms. The van der Waals surface area contributed by atoms with Gasteiger partial charge in [0.2, 0.25) is 0 Å². The molecule has 0 aliphatic carbocycles. The number of ether oxygens (including phenoxy) is 3. The summed E-state index contributed by atoms with van der Waals surface area (Å²) in [4.78, 5) is 14.4. The second-order valence-electron chi connectivity index (χ2n) is 5.41. The van der Waals surface area contributed by atoms with E-state index in [1.165, 1.54) is 0 Å². The summed E-state index contributed by atoms with van der Waals surface area (Å²) in [6.45, 7) is 2.53. The van der Waals surface area contributed by atoms with E-state index in [9.17, 15) is 4.79 Å². The van der Waals surface area contributed by atoms with Gasteiger partial charge in [0.05, 0.1) is 13.7 Å². The summed E-state index contributed by atoms with van der Waals surface area (Å²) < 4.78 is 16.7. The Morgan fingerprint density at radius 3 is 3.00 bits per heavy atom. The number of fused-ring (bicyclic) bond motifs is 1. The smallest absolute Gasteiger partial charge is 0.252 e. The fraction of sp³-hybridized carbons (Fsp3) is 0.562. The third kappa shape index (κ3) is 2.97. The van der Waals surface area contributed by atoms with E-state index in [-0.39, 0.29) is 12.0 Å². The van der Waals surface area contributed by atoms with Crippen molar-refractivity contribution in [3.8, 4) is 11.5 Å². The molecule has 1 saturated heterocycles. The molecule has 0 N–H and O–H groups in total. The van der Waals surface area contributed by atoms with Crippen LogP contribution in [0.3, 0.4) is 0 Å². The SMILES string of the molecule is COc1cccc2c1OCCCN(C(=O)C1CCCO1)C2. The molecule has 0 saturated carbocycles. The zero-order chi connectivity index (χ0) is 14.7. The van der Waals surface area contributed by atoms with Crippen LogP contribution in [0.5, 0.6) is 11.5 Å². The van der Waals surface area contributed by atoms with Gasteiger partial charge >= 0.3 is 0 Å². The molecule has 21 heavy (non-hydrogen) atoms. The zero-order valence-electron chi connectivity index (χ0n) is 12.3. The first-order chi connectivity index (χ1) is 10.3. The van der Waals surface area contributed by atoms with Crippen molar-refractivity contribution in [3.05, 3.63) is 23.8 Å². The van der Waals surface area contributed by atoms with Crippen molar-refractivity contribution in [2.24, 2.45) is 0 Å². The van der Waals surface area contributed by atoms with Crippen molar-refractivity contribution in [2.45, 2.75) is 31.9 Å². The van der Waals surface area contributed by atoms with Gasteiger partial charge in [-0.3, -0.25) is 4.79 Å². The summed E-state index contributed by atoms with van der Waals surface area (Å²) in [6, 6.07) is 5.79. The first-order valence-corrected chi connectivity index (χ1v) is 7.48. The molecule has 5 heteroatoms. The van der Waals surface area contributed by atoms with Crippen LogP contribution >= 0.6 is 0 Å². The van der Waals surface area contributed by atoms with Crippen LogP contribution in [0.25, 0.3) is 0 Å². The highest BCUT2D eigenvalue weighted by Crippen LogP contribution is 2.33. The molecule has 114 valence electrons. The number of amides is 1. The molecule has 1 amide bonds. The second kappa shape index (κ2) is 6.35. The fourth-order valence-corrected chi connectivity index (χ4v) is 2.89. The number of para-hydroxylation sites is 1. The lowest BCUT2D eigenvalue weighted by Crippen LogP contribution is -2.40. The number of carbonyl (C=O) groups is 1. The summed E-state index contributed by atoms with van der Waals surface area (Å²) in [5.74, 6) is 1.58. The lowest BCUT2D eigenvalue weighted by molar-refractivity contribution is -0.141. The quantitative estimate of drug-likeness (QED) is 0.836. The number of carbonyl (C=O) groups excluding carboxylic acids is 1. The molecule has 0 radical (unpaired) electrons. The Balaban J connectivity index is 1.82. The summed E-state index contributed by atoms with van der Waals surface area (Å²) >= 11 is 0. The number of rotatable bonds is 2. The Morgan fingerprint density at radius 1 is 1.33 bits per heavy atom. The summed E-state index contributed by atoms with van der Waals surface area (Å²) in [5.41, 5.74) is 0.986. The Labute approximate surface area is 124 Å². The van der Waals surface area contributed by atoms with E-state index in [4.69, 9.17) is 14.2 Å². The number of hydrogen-bond donors (Lipinski definition) is 0. The van der Waals surface area contributed by atoms with Crippen LogP contribution in [0.2, 0.25) is 0 Å².